The molecule has 0 amide bonds. The summed E-state index contributed by atoms with van der Waals surface area (Å²) in [6.07, 6.45) is 4.48. The number of nitrogens with zero attached hydrogens (tertiary/aromatic N) is 5. The molecule has 4 aromatic rings. The van der Waals surface area contributed by atoms with Gasteiger partial charge in [-0.1, -0.05) is 29.8 Å². The lowest BCUT2D eigenvalue weighted by molar-refractivity contribution is 0.678. The lowest BCUT2D eigenvalue weighted by Crippen LogP contribution is -2.21. The maximum absolute atomic E-state index is 13.1. The van der Waals surface area contributed by atoms with E-state index in [2.05, 4.69) is 15.0 Å². The maximum atomic E-state index is 13.1. The number of pyridine rings is 1. The Hall–Kier alpha value is -2.84. The zero-order valence-electron chi connectivity index (χ0n) is 13.5. The number of halogens is 1. The van der Waals surface area contributed by atoms with Crippen molar-refractivity contribution in [2.75, 3.05) is 6.26 Å². The predicted octanol–water partition coefficient (Wildman–Crippen LogP) is 2.36. The summed E-state index contributed by atoms with van der Waals surface area (Å²) in [7, 11) is -1.39. The first-order chi connectivity index (χ1) is 12.6. The Kier molecular flexibility index (Phi) is 4.14. The molecule has 26 heavy (non-hydrogen) atoms. The van der Waals surface area contributed by atoms with Gasteiger partial charge in [0.2, 0.25) is 5.16 Å². The standard InChI is InChI=1S/C17H12ClN5O2S/c1-26(25)17-20-10-11-15(21-17)23(14-8-4-5-9-19-14)22(16(11)24)13-7-3-2-6-12(13)18/h2-10H,1H3. The molecule has 0 aliphatic heterocycles. The Morgan fingerprint density at radius 1 is 1.04 bits per heavy atom. The summed E-state index contributed by atoms with van der Waals surface area (Å²) in [6.45, 7) is 0. The molecule has 0 N–H and O–H groups in total. The van der Waals surface area contributed by atoms with Gasteiger partial charge in [-0.2, -0.15) is 4.98 Å². The molecule has 0 saturated carbocycles. The van der Waals surface area contributed by atoms with E-state index in [0.717, 1.165) is 0 Å². The van der Waals surface area contributed by atoms with Gasteiger partial charge in [-0.15, -0.1) is 0 Å². The quantitative estimate of drug-likeness (QED) is 0.505. The van der Waals surface area contributed by atoms with Gasteiger partial charge in [0, 0.05) is 18.6 Å². The van der Waals surface area contributed by atoms with Gasteiger partial charge in [0.25, 0.3) is 5.56 Å². The molecule has 0 bridgehead atoms. The van der Waals surface area contributed by atoms with E-state index in [4.69, 9.17) is 11.6 Å². The molecule has 7 nitrogen and oxygen atoms in total. The van der Waals surface area contributed by atoms with Crippen molar-refractivity contribution < 1.29 is 4.21 Å². The van der Waals surface area contributed by atoms with Gasteiger partial charge in [0.1, 0.15) is 5.39 Å². The number of benzene rings is 1. The molecule has 0 fully saturated rings. The van der Waals surface area contributed by atoms with Crippen LogP contribution in [0, 0.1) is 0 Å². The molecule has 3 heterocycles. The minimum Gasteiger partial charge on any atom is -0.267 e. The molecular formula is C17H12ClN5O2S. The van der Waals surface area contributed by atoms with Crippen LogP contribution in [0.3, 0.4) is 0 Å². The van der Waals surface area contributed by atoms with Crippen molar-refractivity contribution >= 4 is 33.4 Å². The number of fused-ring (bicyclic) bond motifs is 1. The van der Waals surface area contributed by atoms with Crippen molar-refractivity contribution in [2.24, 2.45) is 0 Å². The highest BCUT2D eigenvalue weighted by atomic mass is 35.5. The number of hydrogen-bond donors (Lipinski definition) is 0. The normalized spacial score (nSPS) is 12.4. The highest BCUT2D eigenvalue weighted by Crippen LogP contribution is 2.23. The van der Waals surface area contributed by atoms with Gasteiger partial charge in [-0.25, -0.2) is 19.3 Å². The second-order valence-electron chi connectivity index (χ2n) is 5.41. The van der Waals surface area contributed by atoms with E-state index in [-0.39, 0.29) is 16.1 Å². The van der Waals surface area contributed by atoms with E-state index in [1.165, 1.54) is 17.1 Å². The highest BCUT2D eigenvalue weighted by molar-refractivity contribution is 7.84. The molecule has 0 aliphatic rings. The van der Waals surface area contributed by atoms with Crippen LogP contribution < -0.4 is 5.56 Å². The highest BCUT2D eigenvalue weighted by Gasteiger charge is 2.21. The molecule has 0 saturated heterocycles. The third kappa shape index (κ3) is 2.63. The molecule has 1 unspecified atom stereocenters. The SMILES string of the molecule is CS(=O)c1ncc2c(=O)n(-c3ccccc3Cl)n(-c3ccccn3)c2n1. The molecule has 0 spiro atoms. The van der Waals surface area contributed by atoms with E-state index in [1.807, 2.05) is 0 Å². The van der Waals surface area contributed by atoms with Crippen LogP contribution in [0.5, 0.6) is 0 Å². The number of hydrogen-bond acceptors (Lipinski definition) is 5. The smallest absolute Gasteiger partial charge is 0.267 e. The third-order valence-corrected chi connectivity index (χ3v) is 4.80. The summed E-state index contributed by atoms with van der Waals surface area (Å²) in [4.78, 5) is 25.8. The Morgan fingerprint density at radius 2 is 1.81 bits per heavy atom. The Bertz CT molecular complexity index is 1200. The lowest BCUT2D eigenvalue weighted by atomic mass is 10.3. The van der Waals surface area contributed by atoms with Crippen molar-refractivity contribution in [3.05, 3.63) is 70.2 Å². The lowest BCUT2D eigenvalue weighted by Gasteiger charge is -2.12. The van der Waals surface area contributed by atoms with Crippen molar-refractivity contribution in [2.45, 2.75) is 5.16 Å². The Morgan fingerprint density at radius 3 is 2.50 bits per heavy atom. The fourth-order valence-electron chi connectivity index (χ4n) is 2.64. The van der Waals surface area contributed by atoms with Crippen LogP contribution in [0.15, 0.2) is 64.8 Å². The van der Waals surface area contributed by atoms with Gasteiger partial charge in [0.05, 0.1) is 21.5 Å². The molecule has 0 radical (unpaired) electrons. The summed E-state index contributed by atoms with van der Waals surface area (Å²) < 4.78 is 14.8. The Balaban J connectivity index is 2.18. The van der Waals surface area contributed by atoms with Crippen LogP contribution in [0.4, 0.5) is 0 Å². The van der Waals surface area contributed by atoms with Crippen LogP contribution in [-0.4, -0.2) is 34.8 Å². The van der Waals surface area contributed by atoms with Gasteiger partial charge < -0.3 is 0 Å². The zero-order chi connectivity index (χ0) is 18.3. The van der Waals surface area contributed by atoms with Crippen LogP contribution >= 0.6 is 11.6 Å². The Labute approximate surface area is 155 Å². The van der Waals surface area contributed by atoms with E-state index in [1.54, 1.807) is 53.3 Å². The third-order valence-electron chi connectivity index (χ3n) is 3.77. The molecule has 1 aromatic carbocycles. The summed E-state index contributed by atoms with van der Waals surface area (Å²) >= 11 is 6.32. The van der Waals surface area contributed by atoms with Gasteiger partial charge in [-0.3, -0.25) is 9.00 Å². The molecule has 130 valence electrons. The van der Waals surface area contributed by atoms with Gasteiger partial charge in [0.15, 0.2) is 11.5 Å². The first-order valence-electron chi connectivity index (χ1n) is 7.58. The summed E-state index contributed by atoms with van der Waals surface area (Å²) in [5, 5.41) is 0.824. The first-order valence-corrected chi connectivity index (χ1v) is 9.52. The van der Waals surface area contributed by atoms with Crippen molar-refractivity contribution in [3.8, 4) is 11.5 Å². The van der Waals surface area contributed by atoms with Crippen molar-refractivity contribution in [1.29, 1.82) is 0 Å². The van der Waals surface area contributed by atoms with Gasteiger partial charge in [-0.05, 0) is 24.3 Å². The second-order valence-corrected chi connectivity index (χ2v) is 7.09. The van der Waals surface area contributed by atoms with E-state index >= 15 is 0 Å². The molecule has 4 rings (SSSR count). The van der Waals surface area contributed by atoms with Crippen molar-refractivity contribution in [3.63, 3.8) is 0 Å². The summed E-state index contributed by atoms with van der Waals surface area (Å²) in [5.74, 6) is 0.478. The molecular weight excluding hydrogens is 374 g/mol. The average molecular weight is 386 g/mol. The topological polar surface area (TPSA) is 82.7 Å². The molecule has 1 atom stereocenters. The number of para-hydroxylation sites is 1. The fraction of sp³-hybridized carbons (Fsp3) is 0.0588. The van der Waals surface area contributed by atoms with Crippen LogP contribution in [0.1, 0.15) is 0 Å². The van der Waals surface area contributed by atoms with E-state index in [9.17, 15) is 9.00 Å². The van der Waals surface area contributed by atoms with Gasteiger partial charge >= 0.3 is 0 Å². The molecule has 3 aromatic heterocycles. The summed E-state index contributed by atoms with van der Waals surface area (Å²) in [5.41, 5.74) is 0.461. The molecule has 9 heteroatoms. The minimum atomic E-state index is -1.39. The van der Waals surface area contributed by atoms with Crippen LogP contribution in [0.25, 0.3) is 22.5 Å². The molecule has 0 aliphatic carbocycles. The maximum Gasteiger partial charge on any atom is 0.283 e. The zero-order valence-corrected chi connectivity index (χ0v) is 15.1. The first kappa shape index (κ1) is 16.6. The minimum absolute atomic E-state index is 0.137. The van der Waals surface area contributed by atoms with Crippen LogP contribution in [-0.2, 0) is 10.8 Å². The second kappa shape index (κ2) is 6.47. The monoisotopic (exact) mass is 385 g/mol. The van der Waals surface area contributed by atoms with E-state index < -0.39 is 10.8 Å². The van der Waals surface area contributed by atoms with Crippen LogP contribution in [0.2, 0.25) is 5.02 Å². The fourth-order valence-corrected chi connectivity index (χ4v) is 3.27. The summed E-state index contributed by atoms with van der Waals surface area (Å²) in [6, 6.07) is 12.3. The predicted molar refractivity (Wildman–Crippen MR) is 99.6 cm³/mol. The van der Waals surface area contributed by atoms with E-state index in [0.29, 0.717) is 22.2 Å². The largest absolute Gasteiger partial charge is 0.283 e. The number of aromatic nitrogens is 5. The number of rotatable bonds is 3. The van der Waals surface area contributed by atoms with Crippen molar-refractivity contribution in [1.82, 2.24) is 24.3 Å². The average Bonchev–Trinajstić information content (AvgIpc) is 2.95.